The number of carbonyl (C=O) groups excluding carboxylic acids is 1. The number of rotatable bonds is 6. The van der Waals surface area contributed by atoms with Gasteiger partial charge in [-0.15, -0.1) is 10.2 Å². The first-order valence-electron chi connectivity index (χ1n) is 9.83. The van der Waals surface area contributed by atoms with Gasteiger partial charge in [-0.25, -0.2) is 4.79 Å². The Morgan fingerprint density at radius 2 is 1.91 bits per heavy atom. The minimum absolute atomic E-state index is 0.110. The fraction of sp³-hybridized carbons (Fsp3) is 0.217. The average Bonchev–Trinajstić information content (AvgIpc) is 3.23. The molecule has 0 aliphatic rings. The van der Waals surface area contributed by atoms with Gasteiger partial charge in [-0.3, -0.25) is 13.8 Å². The summed E-state index contributed by atoms with van der Waals surface area (Å²) in [6.45, 7) is 1.81. The molecular formula is C23H22N4O5. The van der Waals surface area contributed by atoms with Crippen LogP contribution in [0.4, 0.5) is 0 Å². The number of hydrogen-bond acceptors (Lipinski definition) is 7. The number of carbonyl (C=O) groups is 1. The first-order chi connectivity index (χ1) is 15.4. The van der Waals surface area contributed by atoms with E-state index in [1.807, 2.05) is 25.1 Å². The monoisotopic (exact) mass is 434 g/mol. The van der Waals surface area contributed by atoms with E-state index in [0.29, 0.717) is 39.6 Å². The van der Waals surface area contributed by atoms with E-state index >= 15 is 0 Å². The molecule has 2 aromatic heterocycles. The minimum atomic E-state index is -0.559. The lowest BCUT2D eigenvalue weighted by Crippen LogP contribution is -2.20. The zero-order chi connectivity index (χ0) is 22.8. The van der Waals surface area contributed by atoms with Crippen molar-refractivity contribution in [3.63, 3.8) is 0 Å². The summed E-state index contributed by atoms with van der Waals surface area (Å²) < 4.78 is 19.0. The van der Waals surface area contributed by atoms with Crippen LogP contribution in [0, 0.1) is 6.92 Å². The zero-order valence-corrected chi connectivity index (χ0v) is 18.2. The van der Waals surface area contributed by atoms with Crippen LogP contribution in [0.3, 0.4) is 0 Å². The van der Waals surface area contributed by atoms with E-state index in [1.165, 1.54) is 10.6 Å². The topological polar surface area (TPSA) is 96.9 Å². The third-order valence-corrected chi connectivity index (χ3v) is 5.12. The Hall–Kier alpha value is -4.14. The van der Waals surface area contributed by atoms with Crippen molar-refractivity contribution in [3.8, 4) is 11.5 Å². The first-order valence-corrected chi connectivity index (χ1v) is 9.83. The summed E-state index contributed by atoms with van der Waals surface area (Å²) in [7, 11) is 4.74. The molecular weight excluding hydrogens is 412 g/mol. The molecule has 0 amide bonds. The number of hydrogen-bond donors (Lipinski definition) is 0. The summed E-state index contributed by atoms with van der Waals surface area (Å²) >= 11 is 0. The van der Waals surface area contributed by atoms with Crippen molar-refractivity contribution in [1.82, 2.24) is 19.2 Å². The molecule has 0 atom stereocenters. The molecule has 2 heterocycles. The van der Waals surface area contributed by atoms with Gasteiger partial charge >= 0.3 is 5.97 Å². The number of aryl methyl sites for hydroxylation is 2. The summed E-state index contributed by atoms with van der Waals surface area (Å²) in [6, 6.07) is 10.8. The highest BCUT2D eigenvalue weighted by Gasteiger charge is 2.16. The summed E-state index contributed by atoms with van der Waals surface area (Å²) in [6.07, 6.45) is 2.89. The van der Waals surface area contributed by atoms with E-state index in [0.717, 1.165) is 5.56 Å². The van der Waals surface area contributed by atoms with Crippen LogP contribution >= 0.6 is 0 Å². The molecule has 0 radical (unpaired) electrons. The maximum Gasteiger partial charge on any atom is 0.331 e. The van der Waals surface area contributed by atoms with Crippen molar-refractivity contribution in [2.24, 2.45) is 7.05 Å². The SMILES string of the molecule is COc1ccc(OC)c(C=CC(=O)OCc2nnc3n(C)c(=O)c4cc(C)ccc4n23)c1. The van der Waals surface area contributed by atoms with Gasteiger partial charge in [0.15, 0.2) is 12.4 Å². The smallest absolute Gasteiger partial charge is 0.331 e. The molecule has 32 heavy (non-hydrogen) atoms. The highest BCUT2D eigenvalue weighted by atomic mass is 16.5. The number of nitrogens with zero attached hydrogens (tertiary/aromatic N) is 4. The average molecular weight is 434 g/mol. The molecule has 0 unspecified atom stereocenters. The first kappa shape index (κ1) is 21.1. The lowest BCUT2D eigenvalue weighted by Gasteiger charge is -2.09. The van der Waals surface area contributed by atoms with Crippen LogP contribution < -0.4 is 15.0 Å². The molecule has 9 heteroatoms. The second kappa shape index (κ2) is 8.54. The van der Waals surface area contributed by atoms with Crippen molar-refractivity contribution in [3.05, 3.63) is 69.8 Å². The second-order valence-electron chi connectivity index (χ2n) is 7.19. The minimum Gasteiger partial charge on any atom is -0.497 e. The van der Waals surface area contributed by atoms with Gasteiger partial charge in [-0.1, -0.05) is 11.6 Å². The van der Waals surface area contributed by atoms with Gasteiger partial charge in [0.2, 0.25) is 5.78 Å². The highest BCUT2D eigenvalue weighted by molar-refractivity contribution is 5.87. The lowest BCUT2D eigenvalue weighted by atomic mass is 10.1. The predicted molar refractivity (Wildman–Crippen MR) is 119 cm³/mol. The van der Waals surface area contributed by atoms with Crippen molar-refractivity contribution in [2.75, 3.05) is 14.2 Å². The zero-order valence-electron chi connectivity index (χ0n) is 18.2. The normalized spacial score (nSPS) is 11.4. The molecule has 0 bridgehead atoms. The maximum atomic E-state index is 12.7. The molecule has 0 N–H and O–H groups in total. The van der Waals surface area contributed by atoms with Gasteiger partial charge < -0.3 is 14.2 Å². The van der Waals surface area contributed by atoms with Crippen molar-refractivity contribution in [2.45, 2.75) is 13.5 Å². The molecule has 0 saturated heterocycles. The molecule has 4 rings (SSSR count). The number of ether oxygens (including phenoxy) is 3. The van der Waals surface area contributed by atoms with Crippen LogP contribution in [-0.4, -0.2) is 39.4 Å². The maximum absolute atomic E-state index is 12.7. The van der Waals surface area contributed by atoms with Gasteiger partial charge in [0.05, 0.1) is 25.1 Å². The Bertz CT molecular complexity index is 1420. The summed E-state index contributed by atoms with van der Waals surface area (Å²) in [5.41, 5.74) is 2.13. The Morgan fingerprint density at radius 3 is 2.66 bits per heavy atom. The second-order valence-corrected chi connectivity index (χ2v) is 7.19. The Morgan fingerprint density at radius 1 is 1.09 bits per heavy atom. The van der Waals surface area contributed by atoms with Crippen LogP contribution in [0.15, 0.2) is 47.3 Å². The summed E-state index contributed by atoms with van der Waals surface area (Å²) in [5.74, 6) is 1.46. The van der Waals surface area contributed by atoms with Crippen LogP contribution in [0.25, 0.3) is 22.8 Å². The number of benzene rings is 2. The van der Waals surface area contributed by atoms with Gasteiger partial charge in [0.1, 0.15) is 11.5 Å². The molecule has 0 spiro atoms. The van der Waals surface area contributed by atoms with Crippen LogP contribution in [0.2, 0.25) is 0 Å². The van der Waals surface area contributed by atoms with Gasteiger partial charge in [-0.2, -0.15) is 0 Å². The van der Waals surface area contributed by atoms with E-state index in [4.69, 9.17) is 14.2 Å². The highest BCUT2D eigenvalue weighted by Crippen LogP contribution is 2.25. The molecule has 9 nitrogen and oxygen atoms in total. The Kier molecular flexibility index (Phi) is 5.63. The van der Waals surface area contributed by atoms with Gasteiger partial charge in [0, 0.05) is 18.7 Å². The lowest BCUT2D eigenvalue weighted by molar-refractivity contribution is -0.139. The molecule has 164 valence electrons. The molecule has 4 aromatic rings. The molecule has 0 saturated carbocycles. The van der Waals surface area contributed by atoms with Crippen molar-refractivity contribution >= 4 is 28.7 Å². The molecule has 2 aromatic carbocycles. The van der Waals surface area contributed by atoms with Crippen LogP contribution in [0.5, 0.6) is 11.5 Å². The van der Waals surface area contributed by atoms with Crippen molar-refractivity contribution < 1.29 is 19.0 Å². The Balaban J connectivity index is 1.60. The summed E-state index contributed by atoms with van der Waals surface area (Å²) in [4.78, 5) is 25.0. The number of fused-ring (bicyclic) bond motifs is 3. The summed E-state index contributed by atoms with van der Waals surface area (Å²) in [5, 5.41) is 8.77. The molecule has 0 aliphatic carbocycles. The van der Waals surface area contributed by atoms with E-state index in [9.17, 15) is 9.59 Å². The van der Waals surface area contributed by atoms with Gasteiger partial charge in [0.25, 0.3) is 5.56 Å². The van der Waals surface area contributed by atoms with E-state index in [-0.39, 0.29) is 12.2 Å². The quantitative estimate of drug-likeness (QED) is 0.340. The van der Waals surface area contributed by atoms with Crippen molar-refractivity contribution in [1.29, 1.82) is 0 Å². The fourth-order valence-electron chi connectivity index (χ4n) is 3.46. The fourth-order valence-corrected chi connectivity index (χ4v) is 3.46. The number of esters is 1. The number of methoxy groups -OCH3 is 2. The molecule has 0 aliphatic heterocycles. The molecule has 0 fully saturated rings. The van der Waals surface area contributed by atoms with E-state index in [1.54, 1.807) is 49.9 Å². The third kappa shape index (κ3) is 3.80. The standard InChI is InChI=1S/C23H22N4O5/c1-14-5-8-18-17(11-14)22(29)26(2)23-25-24-20(27(18)23)13-32-21(28)10-6-15-12-16(30-3)7-9-19(15)31-4/h5-12H,13H2,1-4H3. The largest absolute Gasteiger partial charge is 0.497 e. The van der Waals surface area contributed by atoms with E-state index in [2.05, 4.69) is 10.2 Å². The van der Waals surface area contributed by atoms with E-state index < -0.39 is 5.97 Å². The van der Waals surface area contributed by atoms with Crippen LogP contribution in [-0.2, 0) is 23.2 Å². The van der Waals surface area contributed by atoms with Gasteiger partial charge in [-0.05, 0) is 43.3 Å². The van der Waals surface area contributed by atoms with Crippen LogP contribution in [0.1, 0.15) is 17.0 Å². The predicted octanol–water partition coefficient (Wildman–Crippen LogP) is 2.66. The third-order valence-electron chi connectivity index (χ3n) is 5.12. The number of aromatic nitrogens is 4. The Labute approximate surface area is 183 Å².